The zero-order valence-corrected chi connectivity index (χ0v) is 12.1. The van der Waals surface area contributed by atoms with Gasteiger partial charge in [0.05, 0.1) is 7.11 Å². The molecule has 1 heterocycles. The Morgan fingerprint density at radius 1 is 1.05 bits per heavy atom. The maximum Gasteiger partial charge on any atom is 0.414 e. The second kappa shape index (κ2) is 8.97. The lowest BCUT2D eigenvalue weighted by molar-refractivity contribution is -0.159. The summed E-state index contributed by atoms with van der Waals surface area (Å²) in [4.78, 5) is 20.7. The van der Waals surface area contributed by atoms with Gasteiger partial charge in [0.1, 0.15) is 5.75 Å². The van der Waals surface area contributed by atoms with Gasteiger partial charge in [0.2, 0.25) is 0 Å². The molecular formula is C15H21NO5. The van der Waals surface area contributed by atoms with Crippen LogP contribution in [0.4, 0.5) is 0 Å². The van der Waals surface area contributed by atoms with E-state index in [0.29, 0.717) is 0 Å². The first kappa shape index (κ1) is 17.0. The SMILES string of the molecule is COc1ccc(CN2CCCCC2)cc1.O=C(O)C(=O)O. The van der Waals surface area contributed by atoms with Crippen molar-refractivity contribution in [1.82, 2.24) is 4.90 Å². The highest BCUT2D eigenvalue weighted by Crippen LogP contribution is 2.15. The van der Waals surface area contributed by atoms with Crippen molar-refractivity contribution in [2.24, 2.45) is 0 Å². The highest BCUT2D eigenvalue weighted by molar-refractivity contribution is 6.27. The zero-order chi connectivity index (χ0) is 15.7. The minimum Gasteiger partial charge on any atom is -0.497 e. The molecule has 0 spiro atoms. The summed E-state index contributed by atoms with van der Waals surface area (Å²) in [5.74, 6) is -2.71. The molecule has 6 heteroatoms. The number of aliphatic carboxylic acids is 2. The third-order valence-corrected chi connectivity index (χ3v) is 3.20. The van der Waals surface area contributed by atoms with Crippen LogP contribution in [0.1, 0.15) is 24.8 Å². The highest BCUT2D eigenvalue weighted by atomic mass is 16.5. The monoisotopic (exact) mass is 295 g/mol. The minimum absolute atomic E-state index is 0.942. The average molecular weight is 295 g/mol. The molecule has 0 amide bonds. The number of rotatable bonds is 3. The van der Waals surface area contributed by atoms with Gasteiger partial charge in [-0.15, -0.1) is 0 Å². The molecule has 2 rings (SSSR count). The first-order valence-corrected chi connectivity index (χ1v) is 6.84. The van der Waals surface area contributed by atoms with Gasteiger partial charge in [-0.3, -0.25) is 4.90 Å². The number of likely N-dealkylation sites (tertiary alicyclic amines) is 1. The van der Waals surface area contributed by atoms with E-state index in [1.807, 2.05) is 12.1 Å². The quantitative estimate of drug-likeness (QED) is 0.827. The lowest BCUT2D eigenvalue weighted by atomic mass is 10.1. The van der Waals surface area contributed by atoms with Crippen LogP contribution >= 0.6 is 0 Å². The topological polar surface area (TPSA) is 87.1 Å². The summed E-state index contributed by atoms with van der Waals surface area (Å²) in [5.41, 5.74) is 1.39. The Balaban J connectivity index is 0.000000315. The molecule has 0 unspecified atom stereocenters. The summed E-state index contributed by atoms with van der Waals surface area (Å²) in [6.07, 6.45) is 4.12. The number of carboxylic acids is 2. The van der Waals surface area contributed by atoms with Crippen LogP contribution in [0.5, 0.6) is 5.75 Å². The number of benzene rings is 1. The number of piperidine rings is 1. The molecule has 0 atom stereocenters. The molecule has 1 aromatic carbocycles. The fraction of sp³-hybridized carbons (Fsp3) is 0.467. The van der Waals surface area contributed by atoms with Crippen molar-refractivity contribution in [3.05, 3.63) is 29.8 Å². The van der Waals surface area contributed by atoms with Crippen molar-refractivity contribution >= 4 is 11.9 Å². The molecule has 6 nitrogen and oxygen atoms in total. The first-order chi connectivity index (χ1) is 10.0. The molecule has 0 radical (unpaired) electrons. The number of hydrogen-bond acceptors (Lipinski definition) is 4. The van der Waals surface area contributed by atoms with Crippen molar-refractivity contribution in [2.45, 2.75) is 25.8 Å². The average Bonchev–Trinajstić information content (AvgIpc) is 2.49. The number of ether oxygens (including phenoxy) is 1. The minimum atomic E-state index is -1.82. The Bertz CT molecular complexity index is 440. The largest absolute Gasteiger partial charge is 0.497 e. The van der Waals surface area contributed by atoms with E-state index in [9.17, 15) is 0 Å². The Morgan fingerprint density at radius 3 is 2.00 bits per heavy atom. The third-order valence-electron chi connectivity index (χ3n) is 3.20. The van der Waals surface area contributed by atoms with E-state index in [0.717, 1.165) is 12.3 Å². The summed E-state index contributed by atoms with van der Waals surface area (Å²) in [7, 11) is 1.71. The van der Waals surface area contributed by atoms with Crippen LogP contribution < -0.4 is 4.74 Å². The van der Waals surface area contributed by atoms with Gasteiger partial charge in [-0.05, 0) is 43.6 Å². The Morgan fingerprint density at radius 2 is 1.57 bits per heavy atom. The Labute approximate surface area is 124 Å². The predicted octanol–water partition coefficient (Wildman–Crippen LogP) is 1.84. The van der Waals surface area contributed by atoms with Crippen molar-refractivity contribution in [3.8, 4) is 5.75 Å². The van der Waals surface area contributed by atoms with Gasteiger partial charge in [0.25, 0.3) is 0 Å². The van der Waals surface area contributed by atoms with Crippen LogP contribution in [0.2, 0.25) is 0 Å². The van der Waals surface area contributed by atoms with Gasteiger partial charge in [0, 0.05) is 6.54 Å². The van der Waals surface area contributed by atoms with E-state index >= 15 is 0 Å². The number of methoxy groups -OCH3 is 1. The van der Waals surface area contributed by atoms with Crippen molar-refractivity contribution < 1.29 is 24.5 Å². The molecular weight excluding hydrogens is 274 g/mol. The number of carboxylic acid groups (broad SMARTS) is 2. The maximum absolute atomic E-state index is 9.10. The molecule has 2 N–H and O–H groups in total. The molecule has 1 saturated heterocycles. The summed E-state index contributed by atoms with van der Waals surface area (Å²) < 4.78 is 5.15. The Hall–Kier alpha value is -2.08. The highest BCUT2D eigenvalue weighted by Gasteiger charge is 2.09. The third kappa shape index (κ3) is 6.76. The summed E-state index contributed by atoms with van der Waals surface area (Å²) in [6.45, 7) is 3.60. The van der Waals surface area contributed by atoms with Crippen molar-refractivity contribution in [1.29, 1.82) is 0 Å². The fourth-order valence-electron chi connectivity index (χ4n) is 2.11. The molecule has 0 saturated carbocycles. The smallest absolute Gasteiger partial charge is 0.414 e. The normalized spacial score (nSPS) is 14.7. The molecule has 1 fully saturated rings. The molecule has 0 aromatic heterocycles. The maximum atomic E-state index is 9.10. The van der Waals surface area contributed by atoms with Gasteiger partial charge in [-0.1, -0.05) is 18.6 Å². The molecule has 0 bridgehead atoms. The van der Waals surface area contributed by atoms with Crippen LogP contribution in [0.25, 0.3) is 0 Å². The first-order valence-electron chi connectivity index (χ1n) is 6.84. The lowest BCUT2D eigenvalue weighted by Crippen LogP contribution is -2.28. The van der Waals surface area contributed by atoms with E-state index in [1.165, 1.54) is 37.9 Å². The van der Waals surface area contributed by atoms with Gasteiger partial charge in [0.15, 0.2) is 0 Å². The Kier molecular flexibility index (Phi) is 7.25. The molecule has 21 heavy (non-hydrogen) atoms. The predicted molar refractivity (Wildman–Crippen MR) is 77.4 cm³/mol. The summed E-state index contributed by atoms with van der Waals surface area (Å²) in [5, 5.41) is 14.8. The van der Waals surface area contributed by atoms with Crippen LogP contribution in [0.15, 0.2) is 24.3 Å². The molecule has 0 aliphatic carbocycles. The molecule has 116 valence electrons. The molecule has 1 aliphatic rings. The second-order valence-corrected chi connectivity index (χ2v) is 4.80. The van der Waals surface area contributed by atoms with E-state index in [-0.39, 0.29) is 0 Å². The second-order valence-electron chi connectivity index (χ2n) is 4.80. The van der Waals surface area contributed by atoms with Gasteiger partial charge in [-0.2, -0.15) is 0 Å². The fourth-order valence-corrected chi connectivity index (χ4v) is 2.11. The number of carbonyl (C=O) groups is 2. The van der Waals surface area contributed by atoms with Crippen molar-refractivity contribution in [3.63, 3.8) is 0 Å². The van der Waals surface area contributed by atoms with E-state index in [4.69, 9.17) is 24.5 Å². The lowest BCUT2D eigenvalue weighted by Gasteiger charge is -2.26. The number of hydrogen-bond donors (Lipinski definition) is 2. The van der Waals surface area contributed by atoms with Crippen molar-refractivity contribution in [2.75, 3.05) is 20.2 Å². The zero-order valence-electron chi connectivity index (χ0n) is 12.1. The van der Waals surface area contributed by atoms with Crippen LogP contribution in [-0.4, -0.2) is 47.3 Å². The van der Waals surface area contributed by atoms with Crippen LogP contribution in [0.3, 0.4) is 0 Å². The van der Waals surface area contributed by atoms with Crippen LogP contribution in [-0.2, 0) is 16.1 Å². The van der Waals surface area contributed by atoms with Gasteiger partial charge in [-0.25, -0.2) is 9.59 Å². The molecule has 1 aliphatic heterocycles. The summed E-state index contributed by atoms with van der Waals surface area (Å²) in [6, 6.07) is 8.40. The van der Waals surface area contributed by atoms with E-state index in [1.54, 1.807) is 7.11 Å². The number of nitrogens with zero attached hydrogens (tertiary/aromatic N) is 1. The summed E-state index contributed by atoms with van der Waals surface area (Å²) >= 11 is 0. The van der Waals surface area contributed by atoms with E-state index < -0.39 is 11.9 Å². The standard InChI is InChI=1S/C13H19NO.C2H2O4/c1-15-13-7-5-12(6-8-13)11-14-9-3-2-4-10-14;3-1(4)2(5)6/h5-8H,2-4,9-11H2,1H3;(H,3,4)(H,5,6). The van der Waals surface area contributed by atoms with E-state index in [2.05, 4.69) is 17.0 Å². The molecule has 1 aromatic rings. The van der Waals surface area contributed by atoms with Gasteiger partial charge < -0.3 is 14.9 Å². The van der Waals surface area contributed by atoms with Crippen LogP contribution in [0, 0.1) is 0 Å². The van der Waals surface area contributed by atoms with Gasteiger partial charge >= 0.3 is 11.9 Å².